The number of phenolic OH excluding ortho intramolecular Hbond substituents is 2. The van der Waals surface area contributed by atoms with Gasteiger partial charge in [-0.2, -0.15) is 0 Å². The van der Waals surface area contributed by atoms with Gasteiger partial charge in [-0.05, 0) is 44.4 Å². The molecule has 100 valence electrons. The lowest BCUT2D eigenvalue weighted by Gasteiger charge is -2.24. The van der Waals surface area contributed by atoms with Crippen molar-refractivity contribution in [3.05, 3.63) is 23.8 Å². The number of rotatable bonds is 4. The number of benzene rings is 1. The van der Waals surface area contributed by atoms with E-state index in [0.717, 1.165) is 12.5 Å². The first-order valence-electron chi connectivity index (χ1n) is 6.92. The van der Waals surface area contributed by atoms with Gasteiger partial charge in [0.05, 0.1) is 5.56 Å². The summed E-state index contributed by atoms with van der Waals surface area (Å²) < 4.78 is 0. The molecule has 2 rings (SSSR count). The van der Waals surface area contributed by atoms with Crippen LogP contribution in [-0.4, -0.2) is 16.8 Å². The van der Waals surface area contributed by atoms with Gasteiger partial charge in [0, 0.05) is 6.04 Å². The summed E-state index contributed by atoms with van der Waals surface area (Å²) in [6, 6.07) is 4.87. The number of aromatic hydroxyl groups is 2. The highest BCUT2D eigenvalue weighted by Crippen LogP contribution is 2.32. The first-order chi connectivity index (χ1) is 8.68. The van der Waals surface area contributed by atoms with Gasteiger partial charge in [0.25, 0.3) is 0 Å². The van der Waals surface area contributed by atoms with Crippen molar-refractivity contribution < 1.29 is 10.2 Å². The van der Waals surface area contributed by atoms with E-state index in [1.54, 1.807) is 18.2 Å². The van der Waals surface area contributed by atoms with Crippen molar-refractivity contribution in [1.82, 2.24) is 5.32 Å². The first kappa shape index (κ1) is 13.2. The minimum absolute atomic E-state index is 0.0203. The molecule has 0 amide bonds. The maximum Gasteiger partial charge on any atom is 0.124 e. The molecule has 0 bridgehead atoms. The third-order valence-electron chi connectivity index (χ3n) is 3.93. The largest absolute Gasteiger partial charge is 0.507 e. The zero-order valence-corrected chi connectivity index (χ0v) is 11.0. The highest BCUT2D eigenvalue weighted by molar-refractivity contribution is 5.44. The molecule has 1 saturated carbocycles. The second-order valence-corrected chi connectivity index (χ2v) is 5.34. The molecule has 3 N–H and O–H groups in total. The smallest absolute Gasteiger partial charge is 0.124 e. The molecule has 0 saturated heterocycles. The second-order valence-electron chi connectivity index (χ2n) is 5.34. The molecule has 1 aromatic rings. The van der Waals surface area contributed by atoms with Crippen molar-refractivity contribution in [3.63, 3.8) is 0 Å². The lowest BCUT2D eigenvalue weighted by atomic mass is 9.89. The quantitative estimate of drug-likeness (QED) is 0.767. The Hall–Kier alpha value is -1.22. The molecule has 0 spiro atoms. The Morgan fingerprint density at radius 2 is 1.78 bits per heavy atom. The van der Waals surface area contributed by atoms with Gasteiger partial charge in [0.2, 0.25) is 0 Å². The SMILES string of the molecule is CC(NCC1CCCCC1)c1c(O)cccc1O. The van der Waals surface area contributed by atoms with E-state index in [0.29, 0.717) is 5.56 Å². The van der Waals surface area contributed by atoms with Crippen molar-refractivity contribution in [2.24, 2.45) is 5.92 Å². The first-order valence-corrected chi connectivity index (χ1v) is 6.92. The zero-order chi connectivity index (χ0) is 13.0. The third kappa shape index (κ3) is 3.16. The molecular formula is C15H23NO2. The molecule has 0 aromatic heterocycles. The molecule has 1 aromatic carbocycles. The van der Waals surface area contributed by atoms with Gasteiger partial charge >= 0.3 is 0 Å². The molecule has 0 radical (unpaired) electrons. The molecule has 1 unspecified atom stereocenters. The van der Waals surface area contributed by atoms with Crippen molar-refractivity contribution >= 4 is 0 Å². The van der Waals surface area contributed by atoms with Gasteiger partial charge in [0.1, 0.15) is 11.5 Å². The van der Waals surface area contributed by atoms with Crippen LogP contribution >= 0.6 is 0 Å². The molecule has 0 aliphatic heterocycles. The number of phenols is 2. The zero-order valence-electron chi connectivity index (χ0n) is 11.0. The van der Waals surface area contributed by atoms with Crippen LogP contribution in [-0.2, 0) is 0 Å². The fourth-order valence-electron chi connectivity index (χ4n) is 2.82. The molecule has 1 atom stereocenters. The maximum absolute atomic E-state index is 9.80. The summed E-state index contributed by atoms with van der Waals surface area (Å²) in [4.78, 5) is 0. The van der Waals surface area contributed by atoms with Crippen LogP contribution in [0, 0.1) is 5.92 Å². The van der Waals surface area contributed by atoms with Crippen LogP contribution in [0.1, 0.15) is 50.6 Å². The molecule has 3 heteroatoms. The van der Waals surface area contributed by atoms with E-state index in [4.69, 9.17) is 0 Å². The Labute approximate surface area is 109 Å². The second kappa shape index (κ2) is 6.10. The van der Waals surface area contributed by atoms with E-state index in [1.807, 2.05) is 6.92 Å². The van der Waals surface area contributed by atoms with E-state index in [1.165, 1.54) is 32.1 Å². The Bertz CT molecular complexity index is 366. The van der Waals surface area contributed by atoms with Crippen molar-refractivity contribution in [3.8, 4) is 11.5 Å². The summed E-state index contributed by atoms with van der Waals surface area (Å²) in [6.45, 7) is 2.95. The van der Waals surface area contributed by atoms with Crippen molar-refractivity contribution in [2.75, 3.05) is 6.54 Å². The predicted molar refractivity (Wildman–Crippen MR) is 72.8 cm³/mol. The lowest BCUT2D eigenvalue weighted by Crippen LogP contribution is -2.27. The molecule has 18 heavy (non-hydrogen) atoms. The van der Waals surface area contributed by atoms with Gasteiger partial charge in [-0.1, -0.05) is 25.3 Å². The summed E-state index contributed by atoms with van der Waals surface area (Å²) >= 11 is 0. The van der Waals surface area contributed by atoms with Gasteiger partial charge in [-0.25, -0.2) is 0 Å². The molecular weight excluding hydrogens is 226 g/mol. The van der Waals surface area contributed by atoms with Crippen LogP contribution in [0.2, 0.25) is 0 Å². The predicted octanol–water partition coefficient (Wildman–Crippen LogP) is 3.33. The van der Waals surface area contributed by atoms with E-state index < -0.39 is 0 Å². The minimum Gasteiger partial charge on any atom is -0.507 e. The highest BCUT2D eigenvalue weighted by atomic mass is 16.3. The Kier molecular flexibility index (Phi) is 4.48. The van der Waals surface area contributed by atoms with Crippen LogP contribution in [0.15, 0.2) is 18.2 Å². The highest BCUT2D eigenvalue weighted by Gasteiger charge is 2.18. The van der Waals surface area contributed by atoms with E-state index >= 15 is 0 Å². The summed E-state index contributed by atoms with van der Waals surface area (Å²) in [5.41, 5.74) is 0.605. The summed E-state index contributed by atoms with van der Waals surface area (Å²) in [5.74, 6) is 1.08. The fourth-order valence-corrected chi connectivity index (χ4v) is 2.82. The minimum atomic E-state index is -0.0203. The topological polar surface area (TPSA) is 52.5 Å². The molecule has 0 heterocycles. The number of hydrogen-bond donors (Lipinski definition) is 3. The van der Waals surface area contributed by atoms with Gasteiger partial charge < -0.3 is 15.5 Å². The van der Waals surface area contributed by atoms with Crippen LogP contribution in [0.5, 0.6) is 11.5 Å². The van der Waals surface area contributed by atoms with Crippen molar-refractivity contribution in [2.45, 2.75) is 45.1 Å². The summed E-state index contributed by atoms with van der Waals surface area (Å²) in [6.07, 6.45) is 6.64. The molecule has 3 nitrogen and oxygen atoms in total. The molecule has 1 fully saturated rings. The van der Waals surface area contributed by atoms with E-state index in [-0.39, 0.29) is 17.5 Å². The standard InChI is InChI=1S/C15H23NO2/c1-11(15-13(17)8-5-9-14(15)18)16-10-12-6-3-2-4-7-12/h5,8-9,11-12,16-18H,2-4,6-7,10H2,1H3. The van der Waals surface area contributed by atoms with Crippen LogP contribution < -0.4 is 5.32 Å². The van der Waals surface area contributed by atoms with Gasteiger partial charge in [-0.3, -0.25) is 0 Å². The normalized spacial score (nSPS) is 18.7. The number of hydrogen-bond acceptors (Lipinski definition) is 3. The van der Waals surface area contributed by atoms with Crippen molar-refractivity contribution in [1.29, 1.82) is 0 Å². The summed E-state index contributed by atoms with van der Waals surface area (Å²) in [5, 5.41) is 23.0. The van der Waals surface area contributed by atoms with Crippen LogP contribution in [0.3, 0.4) is 0 Å². The Morgan fingerprint density at radius 3 is 2.39 bits per heavy atom. The van der Waals surface area contributed by atoms with Crippen LogP contribution in [0.25, 0.3) is 0 Å². The van der Waals surface area contributed by atoms with E-state index in [9.17, 15) is 10.2 Å². The van der Waals surface area contributed by atoms with Crippen LogP contribution in [0.4, 0.5) is 0 Å². The van der Waals surface area contributed by atoms with E-state index in [2.05, 4.69) is 5.32 Å². The monoisotopic (exact) mass is 249 g/mol. The number of nitrogens with one attached hydrogen (secondary N) is 1. The Morgan fingerprint density at radius 1 is 1.17 bits per heavy atom. The fraction of sp³-hybridized carbons (Fsp3) is 0.600. The maximum atomic E-state index is 9.80. The average Bonchev–Trinajstić information content (AvgIpc) is 2.37. The lowest BCUT2D eigenvalue weighted by molar-refractivity contribution is 0.327. The third-order valence-corrected chi connectivity index (χ3v) is 3.93. The van der Waals surface area contributed by atoms with Gasteiger partial charge in [0.15, 0.2) is 0 Å². The molecule has 1 aliphatic carbocycles. The molecule has 1 aliphatic rings. The Balaban J connectivity index is 1.92. The summed E-state index contributed by atoms with van der Waals surface area (Å²) in [7, 11) is 0. The average molecular weight is 249 g/mol. The van der Waals surface area contributed by atoms with Gasteiger partial charge in [-0.15, -0.1) is 0 Å².